The van der Waals surface area contributed by atoms with Gasteiger partial charge >= 0.3 is 0 Å². The number of rotatable bonds is 7. The number of hydrogen-bond donors (Lipinski definition) is 2. The van der Waals surface area contributed by atoms with Gasteiger partial charge in [-0.1, -0.05) is 0 Å². The number of methoxy groups -OCH3 is 1. The zero-order valence-corrected chi connectivity index (χ0v) is 15.2. The molecule has 6 heteroatoms. The number of ether oxygens (including phenoxy) is 2. The summed E-state index contributed by atoms with van der Waals surface area (Å²) in [4.78, 5) is 16.5. The Morgan fingerprint density at radius 1 is 0.889 bits per heavy atom. The van der Waals surface area contributed by atoms with Crippen LogP contribution in [0, 0.1) is 0 Å². The predicted molar refractivity (Wildman–Crippen MR) is 106 cm³/mol. The van der Waals surface area contributed by atoms with Crippen LogP contribution in [-0.4, -0.2) is 24.6 Å². The number of amides is 1. The van der Waals surface area contributed by atoms with E-state index in [-0.39, 0.29) is 5.91 Å². The topological polar surface area (TPSA) is 72.5 Å². The Morgan fingerprint density at radius 3 is 2.11 bits per heavy atom. The highest BCUT2D eigenvalue weighted by atomic mass is 16.5. The van der Waals surface area contributed by atoms with E-state index in [0.29, 0.717) is 18.0 Å². The normalized spacial score (nSPS) is 10.1. The van der Waals surface area contributed by atoms with Crippen molar-refractivity contribution in [3.8, 4) is 11.5 Å². The van der Waals surface area contributed by atoms with Gasteiger partial charge in [0, 0.05) is 11.4 Å². The number of nitrogens with one attached hydrogen (secondary N) is 2. The molecule has 0 saturated carbocycles. The molecule has 3 aromatic rings. The number of carbonyl (C=O) groups excluding carboxylic acids is 1. The van der Waals surface area contributed by atoms with Crippen LogP contribution in [0.4, 0.5) is 17.1 Å². The van der Waals surface area contributed by atoms with Gasteiger partial charge in [0.05, 0.1) is 25.6 Å². The number of anilines is 3. The van der Waals surface area contributed by atoms with E-state index in [2.05, 4.69) is 15.6 Å². The van der Waals surface area contributed by atoms with E-state index in [1.807, 2.05) is 37.3 Å². The number of pyridine rings is 1. The SMILES string of the molecule is CCOc1ccc(Nc2ccc(C(=O)Nc3ccc(OC)cc3)nc2)cc1. The molecule has 0 fully saturated rings. The molecule has 138 valence electrons. The molecule has 6 nitrogen and oxygen atoms in total. The van der Waals surface area contributed by atoms with Crippen molar-refractivity contribution in [2.45, 2.75) is 6.92 Å². The first-order chi connectivity index (χ1) is 13.2. The van der Waals surface area contributed by atoms with Gasteiger partial charge in [-0.25, -0.2) is 4.98 Å². The van der Waals surface area contributed by atoms with Gasteiger partial charge in [0.1, 0.15) is 17.2 Å². The summed E-state index contributed by atoms with van der Waals surface area (Å²) in [5.74, 6) is 1.29. The molecule has 0 unspecified atom stereocenters. The highest BCUT2D eigenvalue weighted by Crippen LogP contribution is 2.20. The first-order valence-corrected chi connectivity index (χ1v) is 8.59. The minimum Gasteiger partial charge on any atom is -0.497 e. The third kappa shape index (κ3) is 4.98. The molecule has 0 atom stereocenters. The van der Waals surface area contributed by atoms with Crippen LogP contribution in [0.5, 0.6) is 11.5 Å². The molecule has 0 saturated heterocycles. The standard InChI is InChI=1S/C21H21N3O3/c1-3-27-19-11-6-15(7-12-19)23-17-8-13-20(22-14-17)21(25)24-16-4-9-18(26-2)10-5-16/h4-14,23H,3H2,1-2H3,(H,24,25). The maximum Gasteiger partial charge on any atom is 0.274 e. The average Bonchev–Trinajstić information content (AvgIpc) is 2.71. The Hall–Kier alpha value is -3.54. The van der Waals surface area contributed by atoms with Crippen LogP contribution in [0.15, 0.2) is 66.9 Å². The summed E-state index contributed by atoms with van der Waals surface area (Å²) in [5, 5.41) is 6.04. The summed E-state index contributed by atoms with van der Waals surface area (Å²) < 4.78 is 10.5. The second-order valence-electron chi connectivity index (χ2n) is 5.70. The zero-order valence-electron chi connectivity index (χ0n) is 15.2. The maximum absolute atomic E-state index is 12.3. The van der Waals surface area contributed by atoms with Crippen LogP contribution in [0.3, 0.4) is 0 Å². The smallest absolute Gasteiger partial charge is 0.274 e. The fourth-order valence-corrected chi connectivity index (χ4v) is 2.44. The Morgan fingerprint density at radius 2 is 1.52 bits per heavy atom. The van der Waals surface area contributed by atoms with Crippen LogP contribution < -0.4 is 20.1 Å². The summed E-state index contributed by atoms with van der Waals surface area (Å²) in [6.45, 7) is 2.58. The highest BCUT2D eigenvalue weighted by Gasteiger charge is 2.08. The fraction of sp³-hybridized carbons (Fsp3) is 0.143. The molecule has 1 amide bonds. The van der Waals surface area contributed by atoms with E-state index in [4.69, 9.17) is 9.47 Å². The Labute approximate surface area is 158 Å². The molecule has 2 N–H and O–H groups in total. The van der Waals surface area contributed by atoms with Gasteiger partial charge in [0.15, 0.2) is 0 Å². The van der Waals surface area contributed by atoms with Crippen LogP contribution >= 0.6 is 0 Å². The van der Waals surface area contributed by atoms with E-state index in [1.54, 1.807) is 43.6 Å². The molecule has 0 spiro atoms. The third-order valence-electron chi connectivity index (χ3n) is 3.80. The van der Waals surface area contributed by atoms with Crippen molar-refractivity contribution in [3.05, 3.63) is 72.6 Å². The van der Waals surface area contributed by atoms with Crippen molar-refractivity contribution < 1.29 is 14.3 Å². The summed E-state index contributed by atoms with van der Waals surface area (Å²) in [7, 11) is 1.60. The van der Waals surface area contributed by atoms with Crippen LogP contribution in [0.2, 0.25) is 0 Å². The number of carbonyl (C=O) groups is 1. The maximum atomic E-state index is 12.3. The molecular formula is C21H21N3O3. The van der Waals surface area contributed by atoms with Crippen LogP contribution in [0.1, 0.15) is 17.4 Å². The lowest BCUT2D eigenvalue weighted by Gasteiger charge is -2.09. The van der Waals surface area contributed by atoms with E-state index in [1.165, 1.54) is 0 Å². The summed E-state index contributed by atoms with van der Waals surface area (Å²) in [6, 6.07) is 18.3. The Bertz CT molecular complexity index is 876. The van der Waals surface area contributed by atoms with Crippen molar-refractivity contribution in [2.24, 2.45) is 0 Å². The van der Waals surface area contributed by atoms with E-state index in [0.717, 1.165) is 22.9 Å². The van der Waals surface area contributed by atoms with Crippen molar-refractivity contribution in [1.82, 2.24) is 4.98 Å². The zero-order chi connectivity index (χ0) is 19.1. The molecule has 0 aliphatic heterocycles. The number of nitrogens with zero attached hydrogens (tertiary/aromatic N) is 1. The van der Waals surface area contributed by atoms with Crippen LogP contribution in [0.25, 0.3) is 0 Å². The minimum absolute atomic E-state index is 0.271. The van der Waals surface area contributed by atoms with Gasteiger partial charge < -0.3 is 20.1 Å². The van der Waals surface area contributed by atoms with E-state index >= 15 is 0 Å². The first kappa shape index (κ1) is 18.3. The van der Waals surface area contributed by atoms with Gasteiger partial charge in [0.25, 0.3) is 5.91 Å². The van der Waals surface area contributed by atoms with E-state index < -0.39 is 0 Å². The van der Waals surface area contributed by atoms with Crippen molar-refractivity contribution in [2.75, 3.05) is 24.4 Å². The second-order valence-corrected chi connectivity index (χ2v) is 5.70. The number of hydrogen-bond acceptors (Lipinski definition) is 5. The molecule has 0 bridgehead atoms. The third-order valence-corrected chi connectivity index (χ3v) is 3.80. The molecule has 2 aromatic carbocycles. The predicted octanol–water partition coefficient (Wildman–Crippen LogP) is 4.48. The second kappa shape index (κ2) is 8.71. The monoisotopic (exact) mass is 363 g/mol. The summed E-state index contributed by atoms with van der Waals surface area (Å²) in [5.41, 5.74) is 2.72. The average molecular weight is 363 g/mol. The molecule has 1 heterocycles. The van der Waals surface area contributed by atoms with Crippen LogP contribution in [-0.2, 0) is 0 Å². The Balaban J connectivity index is 1.61. The van der Waals surface area contributed by atoms with Crippen molar-refractivity contribution >= 4 is 23.0 Å². The highest BCUT2D eigenvalue weighted by molar-refractivity contribution is 6.03. The fourth-order valence-electron chi connectivity index (χ4n) is 2.44. The van der Waals surface area contributed by atoms with Gasteiger partial charge in [-0.05, 0) is 67.6 Å². The summed E-state index contributed by atoms with van der Waals surface area (Å²) in [6.07, 6.45) is 1.62. The first-order valence-electron chi connectivity index (χ1n) is 8.59. The summed E-state index contributed by atoms with van der Waals surface area (Å²) >= 11 is 0. The van der Waals surface area contributed by atoms with Gasteiger partial charge in [-0.2, -0.15) is 0 Å². The molecule has 0 aliphatic rings. The largest absolute Gasteiger partial charge is 0.497 e. The lowest BCUT2D eigenvalue weighted by Crippen LogP contribution is -2.13. The number of aromatic nitrogens is 1. The van der Waals surface area contributed by atoms with E-state index in [9.17, 15) is 4.79 Å². The lowest BCUT2D eigenvalue weighted by molar-refractivity contribution is 0.102. The van der Waals surface area contributed by atoms with Crippen molar-refractivity contribution in [3.63, 3.8) is 0 Å². The Kier molecular flexibility index (Phi) is 5.89. The molecule has 0 aliphatic carbocycles. The van der Waals surface area contributed by atoms with Gasteiger partial charge in [-0.15, -0.1) is 0 Å². The van der Waals surface area contributed by atoms with Gasteiger partial charge in [-0.3, -0.25) is 4.79 Å². The molecule has 1 aromatic heterocycles. The van der Waals surface area contributed by atoms with Crippen molar-refractivity contribution in [1.29, 1.82) is 0 Å². The quantitative estimate of drug-likeness (QED) is 0.647. The molecule has 3 rings (SSSR count). The minimum atomic E-state index is -0.271. The lowest BCUT2D eigenvalue weighted by atomic mass is 10.2. The molecule has 0 radical (unpaired) electrons. The molecule has 27 heavy (non-hydrogen) atoms. The molecular weight excluding hydrogens is 342 g/mol. The van der Waals surface area contributed by atoms with Gasteiger partial charge in [0.2, 0.25) is 0 Å². The number of benzene rings is 2.